The van der Waals surface area contributed by atoms with Gasteiger partial charge in [-0.15, -0.1) is 0 Å². The Hall–Kier alpha value is -3.24. The number of likely N-dealkylation sites (N-methyl/N-ethyl adjacent to an activating group) is 1. The summed E-state index contributed by atoms with van der Waals surface area (Å²) in [6, 6.07) is 14.0. The molecule has 0 radical (unpaired) electrons. The van der Waals surface area contributed by atoms with Crippen LogP contribution in [0.1, 0.15) is 26.3 Å². The van der Waals surface area contributed by atoms with E-state index in [4.69, 9.17) is 19.5 Å². The number of carbonyl (C=O) groups excluding carboxylic acids is 1. The average Bonchev–Trinajstić information content (AvgIpc) is 2.77. The largest absolute Gasteiger partial charge is 0.493 e. The smallest absolute Gasteiger partial charge is 0.265 e. The third-order valence-corrected chi connectivity index (χ3v) is 4.64. The number of carbonyl (C=O) groups is 1. The molecule has 0 saturated carbocycles. The van der Waals surface area contributed by atoms with Crippen molar-refractivity contribution in [3.63, 3.8) is 0 Å². The lowest BCUT2D eigenvalue weighted by Crippen LogP contribution is -2.30. The van der Waals surface area contributed by atoms with Gasteiger partial charge in [0, 0.05) is 18.3 Å². The summed E-state index contributed by atoms with van der Waals surface area (Å²) in [6.07, 6.45) is -0.743. The van der Waals surface area contributed by atoms with Crippen LogP contribution < -0.4 is 19.5 Å². The number of nitriles is 1. The Kier molecular flexibility index (Phi) is 8.98. The Labute approximate surface area is 178 Å². The minimum Gasteiger partial charge on any atom is -0.493 e. The van der Waals surface area contributed by atoms with Gasteiger partial charge >= 0.3 is 0 Å². The number of amides is 1. The highest BCUT2D eigenvalue weighted by molar-refractivity contribution is 5.94. The van der Waals surface area contributed by atoms with Crippen molar-refractivity contribution < 1.29 is 19.0 Å². The summed E-state index contributed by atoms with van der Waals surface area (Å²) in [7, 11) is 1.58. The highest BCUT2D eigenvalue weighted by Gasteiger charge is 2.16. The molecule has 0 spiro atoms. The fourth-order valence-electron chi connectivity index (χ4n) is 2.83. The maximum Gasteiger partial charge on any atom is 0.265 e. The van der Waals surface area contributed by atoms with Gasteiger partial charge in [0.15, 0.2) is 17.6 Å². The first-order chi connectivity index (χ1) is 14.5. The van der Waals surface area contributed by atoms with Crippen LogP contribution in [0.2, 0.25) is 0 Å². The second-order valence-electron chi connectivity index (χ2n) is 6.63. The lowest BCUT2D eigenvalue weighted by Gasteiger charge is -2.19. The van der Waals surface area contributed by atoms with Crippen LogP contribution in [0.4, 0.5) is 5.69 Å². The van der Waals surface area contributed by atoms with Gasteiger partial charge in [0.1, 0.15) is 12.4 Å². The van der Waals surface area contributed by atoms with E-state index < -0.39 is 6.10 Å². The second-order valence-corrected chi connectivity index (χ2v) is 6.63. The van der Waals surface area contributed by atoms with E-state index in [-0.39, 0.29) is 5.91 Å². The fraction of sp³-hybridized carbons (Fsp3) is 0.391. The van der Waals surface area contributed by atoms with Gasteiger partial charge in [-0.2, -0.15) is 5.26 Å². The van der Waals surface area contributed by atoms with E-state index in [1.807, 2.05) is 6.07 Å². The zero-order valence-electron chi connectivity index (χ0n) is 18.0. The predicted octanol–water partition coefficient (Wildman–Crippen LogP) is 3.69. The van der Waals surface area contributed by atoms with Crippen molar-refractivity contribution in [3.05, 3.63) is 48.0 Å². The molecule has 1 atom stereocenters. The molecule has 0 bridgehead atoms. The monoisotopic (exact) mass is 411 g/mol. The summed E-state index contributed by atoms with van der Waals surface area (Å²) < 4.78 is 16.9. The number of hydrogen-bond acceptors (Lipinski definition) is 6. The number of nitrogens with one attached hydrogen (secondary N) is 1. The van der Waals surface area contributed by atoms with Crippen LogP contribution >= 0.6 is 0 Å². The van der Waals surface area contributed by atoms with Crippen molar-refractivity contribution in [2.75, 3.05) is 38.7 Å². The Balaban J connectivity index is 2.00. The van der Waals surface area contributed by atoms with Crippen molar-refractivity contribution in [1.29, 1.82) is 5.26 Å². The van der Waals surface area contributed by atoms with E-state index in [2.05, 4.69) is 24.1 Å². The lowest BCUT2D eigenvalue weighted by atomic mass is 10.2. The van der Waals surface area contributed by atoms with Crippen molar-refractivity contribution >= 4 is 11.6 Å². The molecule has 7 nitrogen and oxygen atoms in total. The van der Waals surface area contributed by atoms with E-state index in [9.17, 15) is 4.79 Å². The van der Waals surface area contributed by atoms with Gasteiger partial charge in [0.05, 0.1) is 18.7 Å². The molecule has 7 heteroatoms. The number of anilines is 1. The van der Waals surface area contributed by atoms with Crippen molar-refractivity contribution in [1.82, 2.24) is 4.90 Å². The number of benzene rings is 2. The summed E-state index contributed by atoms with van der Waals surface area (Å²) in [5.74, 6) is 1.33. The SMILES string of the molecule is CCN(CC)CCOc1cc(NC(=O)C(C)Oc2cccc(C#N)c2)ccc1OC. The molecule has 0 aliphatic rings. The molecule has 0 aliphatic carbocycles. The highest BCUT2D eigenvalue weighted by Crippen LogP contribution is 2.30. The van der Waals surface area contributed by atoms with Crippen LogP contribution in [0.5, 0.6) is 17.2 Å². The zero-order chi connectivity index (χ0) is 21.9. The predicted molar refractivity (Wildman–Crippen MR) is 116 cm³/mol. The molecule has 2 rings (SSSR count). The molecule has 2 aromatic carbocycles. The highest BCUT2D eigenvalue weighted by atomic mass is 16.5. The molecule has 0 fully saturated rings. The summed E-state index contributed by atoms with van der Waals surface area (Å²) in [4.78, 5) is 14.8. The number of ether oxygens (including phenoxy) is 3. The molecule has 0 heterocycles. The Bertz CT molecular complexity index is 875. The molecule has 1 N–H and O–H groups in total. The van der Waals surface area contributed by atoms with Gasteiger partial charge in [-0.05, 0) is 50.3 Å². The van der Waals surface area contributed by atoms with E-state index in [0.717, 1.165) is 19.6 Å². The van der Waals surface area contributed by atoms with E-state index in [0.29, 0.717) is 35.1 Å². The Morgan fingerprint density at radius 1 is 1.17 bits per heavy atom. The maximum absolute atomic E-state index is 12.5. The van der Waals surface area contributed by atoms with Crippen LogP contribution in [-0.4, -0.2) is 50.3 Å². The number of methoxy groups -OCH3 is 1. The Morgan fingerprint density at radius 2 is 1.93 bits per heavy atom. The average molecular weight is 412 g/mol. The minimum absolute atomic E-state index is 0.309. The molecule has 0 aliphatic heterocycles. The first-order valence-electron chi connectivity index (χ1n) is 10.0. The molecular formula is C23H29N3O4. The third-order valence-electron chi connectivity index (χ3n) is 4.64. The number of nitrogens with zero attached hydrogens (tertiary/aromatic N) is 2. The summed E-state index contributed by atoms with van der Waals surface area (Å²) >= 11 is 0. The second kappa shape index (κ2) is 11.7. The standard InChI is InChI=1S/C23H29N3O4/c1-5-26(6-2)12-13-29-22-15-19(10-11-21(22)28-4)25-23(27)17(3)30-20-9-7-8-18(14-20)16-24/h7-11,14-15,17H,5-6,12-13H2,1-4H3,(H,25,27). The summed E-state index contributed by atoms with van der Waals surface area (Å²) in [6.45, 7) is 9.12. The van der Waals surface area contributed by atoms with Gasteiger partial charge in [0.2, 0.25) is 0 Å². The molecule has 0 aromatic heterocycles. The molecule has 2 aromatic rings. The first kappa shape index (κ1) is 23.0. The van der Waals surface area contributed by atoms with E-state index in [1.165, 1.54) is 0 Å². The van der Waals surface area contributed by atoms with E-state index in [1.54, 1.807) is 56.5 Å². The Morgan fingerprint density at radius 3 is 2.60 bits per heavy atom. The molecule has 1 amide bonds. The van der Waals surface area contributed by atoms with Gasteiger partial charge in [-0.1, -0.05) is 19.9 Å². The fourth-order valence-corrected chi connectivity index (χ4v) is 2.83. The molecule has 1 unspecified atom stereocenters. The van der Waals surface area contributed by atoms with Crippen LogP contribution in [0.3, 0.4) is 0 Å². The first-order valence-corrected chi connectivity index (χ1v) is 10.0. The van der Waals surface area contributed by atoms with Crippen LogP contribution in [-0.2, 0) is 4.79 Å². The van der Waals surface area contributed by atoms with Crippen molar-refractivity contribution in [3.8, 4) is 23.3 Å². The minimum atomic E-state index is -0.743. The number of rotatable bonds is 11. The lowest BCUT2D eigenvalue weighted by molar-refractivity contribution is -0.122. The molecular weight excluding hydrogens is 382 g/mol. The summed E-state index contributed by atoms with van der Waals surface area (Å²) in [5, 5.41) is 11.8. The maximum atomic E-state index is 12.5. The zero-order valence-corrected chi connectivity index (χ0v) is 18.0. The molecule has 0 saturated heterocycles. The molecule has 30 heavy (non-hydrogen) atoms. The van der Waals surface area contributed by atoms with Gasteiger partial charge in [-0.3, -0.25) is 4.79 Å². The number of hydrogen-bond donors (Lipinski definition) is 1. The molecule has 160 valence electrons. The van der Waals surface area contributed by atoms with Crippen LogP contribution in [0.15, 0.2) is 42.5 Å². The third kappa shape index (κ3) is 6.68. The van der Waals surface area contributed by atoms with Crippen LogP contribution in [0.25, 0.3) is 0 Å². The van der Waals surface area contributed by atoms with Gasteiger partial charge < -0.3 is 24.4 Å². The van der Waals surface area contributed by atoms with Gasteiger partial charge in [0.25, 0.3) is 5.91 Å². The summed E-state index contributed by atoms with van der Waals surface area (Å²) in [5.41, 5.74) is 1.06. The van der Waals surface area contributed by atoms with Crippen molar-refractivity contribution in [2.24, 2.45) is 0 Å². The van der Waals surface area contributed by atoms with Gasteiger partial charge in [-0.25, -0.2) is 0 Å². The van der Waals surface area contributed by atoms with Crippen molar-refractivity contribution in [2.45, 2.75) is 26.9 Å². The van der Waals surface area contributed by atoms with Crippen LogP contribution in [0, 0.1) is 11.3 Å². The quantitative estimate of drug-likeness (QED) is 0.607. The topological polar surface area (TPSA) is 83.8 Å². The normalized spacial score (nSPS) is 11.5. The van der Waals surface area contributed by atoms with E-state index >= 15 is 0 Å².